The number of hydrogen-bond acceptors (Lipinski definition) is 2. The van der Waals surface area contributed by atoms with E-state index in [0.29, 0.717) is 15.9 Å². The predicted octanol–water partition coefficient (Wildman–Crippen LogP) is 3.24. The van der Waals surface area contributed by atoms with Crippen LogP contribution in [0, 0.1) is 18.5 Å². The molecule has 1 aromatic carbocycles. The minimum absolute atomic E-state index is 0.0657. The Balaban J connectivity index is 2.63. The van der Waals surface area contributed by atoms with Crippen LogP contribution in [0.1, 0.15) is 35.1 Å². The Hall–Kier alpha value is -1.81. The van der Waals surface area contributed by atoms with Crippen molar-refractivity contribution in [3.05, 3.63) is 63.4 Å². The summed E-state index contributed by atoms with van der Waals surface area (Å²) < 4.78 is 12.4. The standard InChI is InChI=1S/C15H17NO2S/c1-10-6-7-11(2)14(9-10)12(3)13-5-4-8-16(17)15(13)19-18/h4-9,12,17H,1-3H3. The molecule has 19 heavy (non-hydrogen) atoms. The molecule has 2 rings (SSSR count). The van der Waals surface area contributed by atoms with Crippen LogP contribution in [0.2, 0.25) is 0 Å². The molecule has 0 aliphatic carbocycles. The van der Waals surface area contributed by atoms with Crippen LogP contribution >= 0.6 is 0 Å². The molecule has 1 aromatic heterocycles. The van der Waals surface area contributed by atoms with E-state index in [9.17, 15) is 9.42 Å². The van der Waals surface area contributed by atoms with Crippen LogP contribution in [0.4, 0.5) is 0 Å². The van der Waals surface area contributed by atoms with Gasteiger partial charge in [-0.2, -0.15) is 4.73 Å². The highest BCUT2D eigenvalue weighted by atomic mass is 32.1. The Morgan fingerprint density at radius 1 is 1.21 bits per heavy atom. The van der Waals surface area contributed by atoms with Crippen LogP contribution in [-0.4, -0.2) is 14.1 Å². The van der Waals surface area contributed by atoms with Crippen molar-refractivity contribution in [1.82, 2.24) is 4.73 Å². The third kappa shape index (κ3) is 2.63. The van der Waals surface area contributed by atoms with E-state index < -0.39 is 0 Å². The summed E-state index contributed by atoms with van der Waals surface area (Å²) in [5, 5.41) is 9.71. The van der Waals surface area contributed by atoms with E-state index in [4.69, 9.17) is 0 Å². The fraction of sp³-hybridized carbons (Fsp3) is 0.267. The van der Waals surface area contributed by atoms with E-state index in [1.165, 1.54) is 22.9 Å². The molecular weight excluding hydrogens is 258 g/mol. The first-order valence-electron chi connectivity index (χ1n) is 6.15. The summed E-state index contributed by atoms with van der Waals surface area (Å²) in [6.45, 7) is 6.16. The summed E-state index contributed by atoms with van der Waals surface area (Å²) >= 11 is 0.318. The van der Waals surface area contributed by atoms with Gasteiger partial charge in [0, 0.05) is 17.7 Å². The van der Waals surface area contributed by atoms with Gasteiger partial charge in [0.15, 0.2) is 4.64 Å². The van der Waals surface area contributed by atoms with E-state index >= 15 is 0 Å². The monoisotopic (exact) mass is 275 g/mol. The molecule has 0 saturated carbocycles. The molecule has 0 radical (unpaired) electrons. The van der Waals surface area contributed by atoms with E-state index in [1.807, 2.05) is 6.07 Å². The molecule has 0 amide bonds. The van der Waals surface area contributed by atoms with Crippen LogP contribution in [0.25, 0.3) is 0 Å². The second-order valence-electron chi connectivity index (χ2n) is 4.78. The van der Waals surface area contributed by atoms with Gasteiger partial charge in [0.2, 0.25) is 0 Å². The van der Waals surface area contributed by atoms with Gasteiger partial charge in [0.05, 0.1) is 0 Å². The maximum Gasteiger partial charge on any atom is 0.175 e. The predicted molar refractivity (Wildman–Crippen MR) is 76.4 cm³/mol. The second-order valence-corrected chi connectivity index (χ2v) is 5.33. The number of nitrogens with zero attached hydrogens (tertiary/aromatic N) is 1. The summed E-state index contributed by atoms with van der Waals surface area (Å²) in [6, 6.07) is 9.93. The Labute approximate surface area is 116 Å². The van der Waals surface area contributed by atoms with Crippen LogP contribution in [-0.2, 0) is 11.3 Å². The maximum absolute atomic E-state index is 11.2. The van der Waals surface area contributed by atoms with Gasteiger partial charge in [0.1, 0.15) is 11.3 Å². The molecule has 0 spiro atoms. The van der Waals surface area contributed by atoms with Crippen molar-refractivity contribution in [2.45, 2.75) is 26.7 Å². The number of aromatic nitrogens is 1. The number of aryl methyl sites for hydroxylation is 2. The average Bonchev–Trinajstić information content (AvgIpc) is 2.40. The van der Waals surface area contributed by atoms with Gasteiger partial charge in [-0.25, -0.2) is 4.21 Å². The summed E-state index contributed by atoms with van der Waals surface area (Å²) in [4.78, 5) is 0. The third-order valence-electron chi connectivity index (χ3n) is 3.40. The van der Waals surface area contributed by atoms with Gasteiger partial charge < -0.3 is 5.21 Å². The molecule has 0 bridgehead atoms. The van der Waals surface area contributed by atoms with E-state index in [0.717, 1.165) is 10.3 Å². The average molecular weight is 275 g/mol. The zero-order chi connectivity index (χ0) is 14.0. The number of pyridine rings is 1. The Morgan fingerprint density at radius 2 is 1.95 bits per heavy atom. The molecule has 3 nitrogen and oxygen atoms in total. The Kier molecular flexibility index (Phi) is 3.90. The normalized spacial score (nSPS) is 12.2. The first kappa shape index (κ1) is 13.6. The molecular formula is C15H17NO2S. The second kappa shape index (κ2) is 5.45. The lowest BCUT2D eigenvalue weighted by Crippen LogP contribution is -2.05. The number of rotatable bonds is 2. The fourth-order valence-corrected chi connectivity index (χ4v) is 2.79. The quantitative estimate of drug-likeness (QED) is 0.675. The summed E-state index contributed by atoms with van der Waals surface area (Å²) in [5.41, 5.74) is 4.41. The van der Waals surface area contributed by atoms with Gasteiger partial charge in [-0.05, 0) is 31.0 Å². The number of benzene rings is 1. The van der Waals surface area contributed by atoms with Crippen molar-refractivity contribution in [2.75, 3.05) is 0 Å². The molecule has 1 heterocycles. The largest absolute Gasteiger partial charge is 0.428 e. The van der Waals surface area contributed by atoms with Crippen LogP contribution in [0.5, 0.6) is 0 Å². The highest BCUT2D eigenvalue weighted by Gasteiger charge is 2.14. The van der Waals surface area contributed by atoms with Crippen molar-refractivity contribution in [2.24, 2.45) is 0 Å². The van der Waals surface area contributed by atoms with Crippen molar-refractivity contribution in [1.29, 1.82) is 0 Å². The highest BCUT2D eigenvalue weighted by molar-refractivity contribution is 7.56. The maximum atomic E-state index is 11.2. The SMILES string of the molecule is Cc1ccc(C)c(C(C)c2cccn(O)c2=S=O)c1. The molecule has 1 unspecified atom stereocenters. The van der Waals surface area contributed by atoms with Gasteiger partial charge >= 0.3 is 0 Å². The first-order chi connectivity index (χ1) is 9.04. The molecule has 0 fully saturated rings. The van der Waals surface area contributed by atoms with Crippen molar-refractivity contribution < 1.29 is 9.42 Å². The zero-order valence-electron chi connectivity index (χ0n) is 11.3. The Morgan fingerprint density at radius 3 is 2.63 bits per heavy atom. The van der Waals surface area contributed by atoms with Crippen LogP contribution < -0.4 is 0 Å². The van der Waals surface area contributed by atoms with E-state index in [1.54, 1.807) is 6.07 Å². The molecule has 100 valence electrons. The van der Waals surface area contributed by atoms with Gasteiger partial charge in [-0.3, -0.25) is 0 Å². The van der Waals surface area contributed by atoms with Crippen molar-refractivity contribution in [3.8, 4) is 0 Å². The summed E-state index contributed by atoms with van der Waals surface area (Å²) in [5.74, 6) is 0.0657. The molecule has 0 aliphatic rings. The molecule has 1 atom stereocenters. The zero-order valence-corrected chi connectivity index (χ0v) is 12.1. The van der Waals surface area contributed by atoms with Gasteiger partial charge in [-0.1, -0.05) is 36.8 Å². The molecule has 2 aromatic rings. The minimum atomic E-state index is 0.0657. The topological polar surface area (TPSA) is 42.2 Å². The minimum Gasteiger partial charge on any atom is -0.428 e. The van der Waals surface area contributed by atoms with Crippen LogP contribution in [0.15, 0.2) is 36.5 Å². The fourth-order valence-electron chi connectivity index (χ4n) is 2.31. The number of hydrogen-bond donors (Lipinski definition) is 1. The smallest absolute Gasteiger partial charge is 0.175 e. The lowest BCUT2D eigenvalue weighted by atomic mass is 9.90. The van der Waals surface area contributed by atoms with E-state index in [2.05, 4.69) is 39.0 Å². The Bertz CT molecular complexity index is 700. The van der Waals surface area contributed by atoms with E-state index in [-0.39, 0.29) is 5.92 Å². The van der Waals surface area contributed by atoms with Crippen LogP contribution in [0.3, 0.4) is 0 Å². The lowest BCUT2D eigenvalue weighted by Gasteiger charge is -2.16. The molecule has 0 aliphatic heterocycles. The van der Waals surface area contributed by atoms with Gasteiger partial charge in [0.25, 0.3) is 0 Å². The van der Waals surface area contributed by atoms with Gasteiger partial charge in [-0.15, -0.1) is 0 Å². The molecule has 0 saturated heterocycles. The summed E-state index contributed by atoms with van der Waals surface area (Å²) in [7, 11) is 0. The van der Waals surface area contributed by atoms with Crippen molar-refractivity contribution in [3.63, 3.8) is 0 Å². The molecule has 4 heteroatoms. The third-order valence-corrected chi connectivity index (χ3v) is 3.99. The summed E-state index contributed by atoms with van der Waals surface area (Å²) in [6.07, 6.45) is 1.47. The first-order valence-corrected chi connectivity index (χ1v) is 6.89. The highest BCUT2D eigenvalue weighted by Crippen LogP contribution is 2.27. The van der Waals surface area contributed by atoms with Crippen molar-refractivity contribution >= 4 is 11.3 Å². The molecule has 1 N–H and O–H groups in total. The lowest BCUT2D eigenvalue weighted by molar-refractivity contribution is 0.179.